The van der Waals surface area contributed by atoms with Crippen LogP contribution in [0.4, 0.5) is 0 Å². The second-order valence-corrected chi connectivity index (χ2v) is 3.59. The molecule has 1 N–H and O–H groups in total. The lowest BCUT2D eigenvalue weighted by Gasteiger charge is -2.10. The van der Waals surface area contributed by atoms with Gasteiger partial charge in [-0.1, -0.05) is 0 Å². The van der Waals surface area contributed by atoms with Crippen LogP contribution in [0.1, 0.15) is 25.5 Å². The molecule has 66 valence electrons. The molecule has 0 unspecified atom stereocenters. The van der Waals surface area contributed by atoms with Gasteiger partial charge in [-0.15, -0.1) is 0 Å². The third kappa shape index (κ3) is 1.89. The molecule has 2 nitrogen and oxygen atoms in total. The molecule has 1 aromatic heterocycles. The van der Waals surface area contributed by atoms with Crippen LogP contribution in [0.15, 0.2) is 22.8 Å². The van der Waals surface area contributed by atoms with Gasteiger partial charge < -0.3 is 9.73 Å². The van der Waals surface area contributed by atoms with Crippen LogP contribution in [0.25, 0.3) is 0 Å². The summed E-state index contributed by atoms with van der Waals surface area (Å²) in [5.74, 6) is 1.95. The summed E-state index contributed by atoms with van der Waals surface area (Å²) in [5, 5.41) is 3.45. The predicted molar refractivity (Wildman–Crippen MR) is 47.7 cm³/mol. The van der Waals surface area contributed by atoms with Gasteiger partial charge in [0, 0.05) is 6.04 Å². The standard InChI is InChI=1S/C10H15NO/c1-8(9-4-5-9)11-7-10-3-2-6-12-10/h2-3,6,8-9,11H,4-5,7H2,1H3/t8-/m0/s1. The van der Waals surface area contributed by atoms with E-state index in [1.54, 1.807) is 6.26 Å². The van der Waals surface area contributed by atoms with Crippen molar-refractivity contribution in [3.05, 3.63) is 24.2 Å². The van der Waals surface area contributed by atoms with Crippen LogP contribution in [0.2, 0.25) is 0 Å². The molecule has 0 saturated heterocycles. The molecule has 12 heavy (non-hydrogen) atoms. The Morgan fingerprint density at radius 1 is 1.67 bits per heavy atom. The summed E-state index contributed by atoms with van der Waals surface area (Å²) in [7, 11) is 0. The molecule has 1 heterocycles. The van der Waals surface area contributed by atoms with Crippen molar-refractivity contribution < 1.29 is 4.42 Å². The van der Waals surface area contributed by atoms with Gasteiger partial charge in [-0.3, -0.25) is 0 Å². The van der Waals surface area contributed by atoms with Crippen molar-refractivity contribution in [3.8, 4) is 0 Å². The van der Waals surface area contributed by atoms with E-state index in [4.69, 9.17) is 4.42 Å². The fraction of sp³-hybridized carbons (Fsp3) is 0.600. The van der Waals surface area contributed by atoms with Crippen LogP contribution in [0.5, 0.6) is 0 Å². The van der Waals surface area contributed by atoms with E-state index in [1.165, 1.54) is 12.8 Å². The third-order valence-corrected chi connectivity index (χ3v) is 2.51. The highest BCUT2D eigenvalue weighted by Crippen LogP contribution is 2.32. The summed E-state index contributed by atoms with van der Waals surface area (Å²) in [4.78, 5) is 0. The Labute approximate surface area is 73.0 Å². The minimum absolute atomic E-state index is 0.648. The van der Waals surface area contributed by atoms with Gasteiger partial charge >= 0.3 is 0 Å². The zero-order valence-electron chi connectivity index (χ0n) is 7.42. The molecular formula is C10H15NO. The smallest absolute Gasteiger partial charge is 0.117 e. The predicted octanol–water partition coefficient (Wildman–Crippen LogP) is 2.17. The third-order valence-electron chi connectivity index (χ3n) is 2.51. The maximum atomic E-state index is 5.22. The highest BCUT2D eigenvalue weighted by Gasteiger charge is 2.27. The Bertz CT molecular complexity index is 226. The molecule has 1 atom stereocenters. The maximum absolute atomic E-state index is 5.22. The minimum atomic E-state index is 0.648. The lowest BCUT2D eigenvalue weighted by molar-refractivity contribution is 0.435. The largest absolute Gasteiger partial charge is 0.468 e. The van der Waals surface area contributed by atoms with Crippen LogP contribution in [-0.4, -0.2) is 6.04 Å². The van der Waals surface area contributed by atoms with E-state index in [-0.39, 0.29) is 0 Å². The summed E-state index contributed by atoms with van der Waals surface area (Å²) in [6, 6.07) is 4.58. The highest BCUT2D eigenvalue weighted by molar-refractivity contribution is 4.98. The summed E-state index contributed by atoms with van der Waals surface area (Å²) in [6.45, 7) is 3.12. The van der Waals surface area contributed by atoms with Crippen molar-refractivity contribution >= 4 is 0 Å². The average Bonchev–Trinajstić information content (AvgIpc) is 2.80. The maximum Gasteiger partial charge on any atom is 0.117 e. The Kier molecular flexibility index (Phi) is 2.17. The Balaban J connectivity index is 1.74. The van der Waals surface area contributed by atoms with Gasteiger partial charge in [0.25, 0.3) is 0 Å². The first-order valence-corrected chi connectivity index (χ1v) is 4.62. The molecule has 2 heteroatoms. The normalized spacial score (nSPS) is 19.4. The van der Waals surface area contributed by atoms with E-state index in [2.05, 4.69) is 12.2 Å². The first-order valence-electron chi connectivity index (χ1n) is 4.62. The number of furan rings is 1. The summed E-state index contributed by atoms with van der Waals surface area (Å²) in [6.07, 6.45) is 4.51. The molecule has 0 spiro atoms. The second kappa shape index (κ2) is 3.31. The lowest BCUT2D eigenvalue weighted by Crippen LogP contribution is -2.26. The topological polar surface area (TPSA) is 25.2 Å². The van der Waals surface area contributed by atoms with E-state index in [9.17, 15) is 0 Å². The monoisotopic (exact) mass is 165 g/mol. The van der Waals surface area contributed by atoms with Crippen LogP contribution in [0.3, 0.4) is 0 Å². The molecule has 1 saturated carbocycles. The van der Waals surface area contributed by atoms with Crippen LogP contribution in [-0.2, 0) is 6.54 Å². The molecule has 0 bridgehead atoms. The van der Waals surface area contributed by atoms with Crippen molar-refractivity contribution in [1.82, 2.24) is 5.32 Å². The Morgan fingerprint density at radius 3 is 3.08 bits per heavy atom. The molecule has 0 amide bonds. The van der Waals surface area contributed by atoms with E-state index >= 15 is 0 Å². The van der Waals surface area contributed by atoms with Crippen LogP contribution in [0, 0.1) is 5.92 Å². The molecule has 1 fully saturated rings. The van der Waals surface area contributed by atoms with E-state index < -0.39 is 0 Å². The van der Waals surface area contributed by atoms with Gasteiger partial charge in [0.05, 0.1) is 12.8 Å². The number of hydrogen-bond acceptors (Lipinski definition) is 2. The van der Waals surface area contributed by atoms with E-state index in [0.29, 0.717) is 6.04 Å². The molecular weight excluding hydrogens is 150 g/mol. The van der Waals surface area contributed by atoms with E-state index in [0.717, 1.165) is 18.2 Å². The Morgan fingerprint density at radius 2 is 2.50 bits per heavy atom. The molecule has 2 rings (SSSR count). The summed E-state index contributed by atoms with van der Waals surface area (Å²) >= 11 is 0. The zero-order chi connectivity index (χ0) is 8.39. The van der Waals surface area contributed by atoms with Crippen molar-refractivity contribution in [1.29, 1.82) is 0 Å². The molecule has 0 aliphatic heterocycles. The summed E-state index contributed by atoms with van der Waals surface area (Å²) < 4.78 is 5.22. The quantitative estimate of drug-likeness (QED) is 0.739. The molecule has 0 radical (unpaired) electrons. The van der Waals surface area contributed by atoms with Gasteiger partial charge in [-0.2, -0.15) is 0 Å². The first kappa shape index (κ1) is 7.87. The van der Waals surface area contributed by atoms with Crippen molar-refractivity contribution in [3.63, 3.8) is 0 Å². The summed E-state index contributed by atoms with van der Waals surface area (Å²) in [5.41, 5.74) is 0. The van der Waals surface area contributed by atoms with Crippen molar-refractivity contribution in [2.24, 2.45) is 5.92 Å². The SMILES string of the molecule is C[C@H](NCc1ccco1)C1CC1. The minimum Gasteiger partial charge on any atom is -0.468 e. The lowest BCUT2D eigenvalue weighted by atomic mass is 10.2. The van der Waals surface area contributed by atoms with Gasteiger partial charge in [-0.25, -0.2) is 0 Å². The Hall–Kier alpha value is -0.760. The number of hydrogen-bond donors (Lipinski definition) is 1. The zero-order valence-corrected chi connectivity index (χ0v) is 7.42. The number of rotatable bonds is 4. The molecule has 1 aliphatic carbocycles. The van der Waals surface area contributed by atoms with Crippen LogP contribution < -0.4 is 5.32 Å². The van der Waals surface area contributed by atoms with Gasteiger partial charge in [0.2, 0.25) is 0 Å². The fourth-order valence-corrected chi connectivity index (χ4v) is 1.44. The molecule has 0 aromatic carbocycles. The van der Waals surface area contributed by atoms with E-state index in [1.807, 2.05) is 12.1 Å². The van der Waals surface area contributed by atoms with Gasteiger partial charge in [0.15, 0.2) is 0 Å². The average molecular weight is 165 g/mol. The fourth-order valence-electron chi connectivity index (χ4n) is 1.44. The number of nitrogens with one attached hydrogen (secondary N) is 1. The molecule has 1 aliphatic rings. The second-order valence-electron chi connectivity index (χ2n) is 3.59. The molecule has 1 aromatic rings. The first-order chi connectivity index (χ1) is 5.86. The van der Waals surface area contributed by atoms with Crippen LogP contribution >= 0.6 is 0 Å². The van der Waals surface area contributed by atoms with Gasteiger partial charge in [-0.05, 0) is 37.8 Å². The van der Waals surface area contributed by atoms with Crippen molar-refractivity contribution in [2.45, 2.75) is 32.4 Å². The van der Waals surface area contributed by atoms with Gasteiger partial charge in [0.1, 0.15) is 5.76 Å². The highest BCUT2D eigenvalue weighted by atomic mass is 16.3. The van der Waals surface area contributed by atoms with Crippen molar-refractivity contribution in [2.75, 3.05) is 0 Å².